The number of carbonyl (C=O) groups excluding carboxylic acids is 1. The normalized spacial score (nSPS) is 20.4. The van der Waals surface area contributed by atoms with Gasteiger partial charge in [-0.15, -0.1) is 0 Å². The van der Waals surface area contributed by atoms with Gasteiger partial charge in [0.25, 0.3) is 0 Å². The molecule has 2 fully saturated rings. The summed E-state index contributed by atoms with van der Waals surface area (Å²) in [5.41, 5.74) is 0. The number of nitrogens with zero attached hydrogens (tertiary/aromatic N) is 2. The Morgan fingerprint density at radius 2 is 1.77 bits per heavy atom. The second-order valence-corrected chi connectivity index (χ2v) is 9.08. The highest BCUT2D eigenvalue weighted by atomic mass is 32.2. The Hall–Kier alpha value is -1.47. The van der Waals surface area contributed by atoms with Crippen LogP contribution in [0, 0.1) is 11.7 Å². The van der Waals surface area contributed by atoms with E-state index in [1.54, 1.807) is 0 Å². The lowest BCUT2D eigenvalue weighted by molar-refractivity contribution is -0.138. The van der Waals surface area contributed by atoms with Crippen LogP contribution in [0.15, 0.2) is 29.2 Å². The van der Waals surface area contributed by atoms with E-state index >= 15 is 0 Å². The zero-order chi connectivity index (χ0) is 18.7. The maximum Gasteiger partial charge on any atom is 0.245 e. The number of amides is 1. The van der Waals surface area contributed by atoms with Gasteiger partial charge in [-0.3, -0.25) is 4.79 Å². The molecule has 1 heterocycles. The molecule has 2 aliphatic rings. The summed E-state index contributed by atoms with van der Waals surface area (Å²) in [6, 6.07) is 5.78. The first kappa shape index (κ1) is 19.3. The van der Waals surface area contributed by atoms with Gasteiger partial charge < -0.3 is 4.90 Å². The molecule has 3 rings (SSSR count). The van der Waals surface area contributed by atoms with Gasteiger partial charge in [0.15, 0.2) is 0 Å². The second-order valence-electron chi connectivity index (χ2n) is 7.17. The Labute approximate surface area is 155 Å². The standard InChI is InChI=1S/C19H27FN2O3S/c1-2-22(16-7-3-4-8-16)19(23)15-11-13-21(14-12-15)26(24,25)18-10-6-5-9-17(18)20/h5-6,9-10,15-16H,2-4,7-8,11-14H2,1H3. The topological polar surface area (TPSA) is 57.7 Å². The average Bonchev–Trinajstić information content (AvgIpc) is 3.17. The van der Waals surface area contributed by atoms with Crippen molar-refractivity contribution in [3.05, 3.63) is 30.1 Å². The van der Waals surface area contributed by atoms with Crippen LogP contribution in [0.2, 0.25) is 0 Å². The first-order chi connectivity index (χ1) is 12.4. The maximum atomic E-state index is 13.9. The molecule has 0 N–H and O–H groups in total. The summed E-state index contributed by atoms with van der Waals surface area (Å²) in [5.74, 6) is -0.714. The van der Waals surface area contributed by atoms with Crippen LogP contribution >= 0.6 is 0 Å². The number of rotatable bonds is 5. The zero-order valence-electron chi connectivity index (χ0n) is 15.2. The molecule has 1 amide bonds. The van der Waals surface area contributed by atoms with Gasteiger partial charge in [-0.1, -0.05) is 25.0 Å². The van der Waals surface area contributed by atoms with Crippen LogP contribution in [0.1, 0.15) is 45.4 Å². The van der Waals surface area contributed by atoms with Gasteiger partial charge in [-0.2, -0.15) is 4.31 Å². The lowest BCUT2D eigenvalue weighted by Crippen LogP contribution is -2.47. The van der Waals surface area contributed by atoms with Crippen LogP contribution < -0.4 is 0 Å². The Kier molecular flexibility index (Phi) is 5.97. The third kappa shape index (κ3) is 3.78. The first-order valence-corrected chi connectivity index (χ1v) is 10.9. The van der Waals surface area contributed by atoms with Crippen molar-refractivity contribution in [2.75, 3.05) is 19.6 Å². The van der Waals surface area contributed by atoms with Gasteiger partial charge in [0.2, 0.25) is 15.9 Å². The second kappa shape index (κ2) is 8.05. The number of hydrogen-bond acceptors (Lipinski definition) is 3. The SMILES string of the molecule is CCN(C(=O)C1CCN(S(=O)(=O)c2ccccc2F)CC1)C1CCCC1. The molecule has 26 heavy (non-hydrogen) atoms. The van der Waals surface area contributed by atoms with E-state index < -0.39 is 15.8 Å². The minimum absolute atomic E-state index is 0.136. The number of benzene rings is 1. The van der Waals surface area contributed by atoms with Crippen LogP contribution in [-0.2, 0) is 14.8 Å². The Morgan fingerprint density at radius 1 is 1.15 bits per heavy atom. The van der Waals surface area contributed by atoms with Gasteiger partial charge in [0.1, 0.15) is 10.7 Å². The number of piperidine rings is 1. The van der Waals surface area contributed by atoms with E-state index in [-0.39, 0.29) is 29.8 Å². The summed E-state index contributed by atoms with van der Waals surface area (Å²) in [6.07, 6.45) is 5.48. The van der Waals surface area contributed by atoms with Gasteiger partial charge in [0, 0.05) is 31.6 Å². The van der Waals surface area contributed by atoms with Crippen molar-refractivity contribution in [2.24, 2.45) is 5.92 Å². The highest BCUT2D eigenvalue weighted by Gasteiger charge is 2.36. The number of hydrogen-bond donors (Lipinski definition) is 0. The molecule has 0 spiro atoms. The minimum atomic E-state index is -3.85. The van der Waals surface area contributed by atoms with Gasteiger partial charge in [-0.05, 0) is 44.7 Å². The first-order valence-electron chi connectivity index (χ1n) is 9.50. The van der Waals surface area contributed by atoms with Gasteiger partial charge >= 0.3 is 0 Å². The molecule has 144 valence electrons. The smallest absolute Gasteiger partial charge is 0.245 e. The van der Waals surface area contributed by atoms with E-state index in [0.29, 0.717) is 25.4 Å². The molecular formula is C19H27FN2O3S. The molecular weight excluding hydrogens is 355 g/mol. The lowest BCUT2D eigenvalue weighted by Gasteiger charge is -2.35. The minimum Gasteiger partial charge on any atom is -0.340 e. The van der Waals surface area contributed by atoms with Crippen molar-refractivity contribution < 1.29 is 17.6 Å². The molecule has 0 radical (unpaired) electrons. The Morgan fingerprint density at radius 3 is 2.35 bits per heavy atom. The van der Waals surface area contributed by atoms with Crippen LogP contribution in [0.5, 0.6) is 0 Å². The monoisotopic (exact) mass is 382 g/mol. The van der Waals surface area contributed by atoms with Crippen molar-refractivity contribution in [3.63, 3.8) is 0 Å². The molecule has 0 bridgehead atoms. The van der Waals surface area contributed by atoms with Crippen LogP contribution in [-0.4, -0.2) is 49.2 Å². The van der Waals surface area contributed by atoms with E-state index in [1.165, 1.54) is 35.3 Å². The van der Waals surface area contributed by atoms with Crippen molar-refractivity contribution in [2.45, 2.75) is 56.4 Å². The predicted molar refractivity (Wildman–Crippen MR) is 97.5 cm³/mol. The average molecular weight is 383 g/mol. The van der Waals surface area contributed by atoms with E-state index in [0.717, 1.165) is 18.9 Å². The number of halogens is 1. The fourth-order valence-corrected chi connectivity index (χ4v) is 5.72. The number of sulfonamides is 1. The molecule has 5 nitrogen and oxygen atoms in total. The van der Waals surface area contributed by atoms with Crippen LogP contribution in [0.25, 0.3) is 0 Å². The molecule has 1 aliphatic heterocycles. The third-order valence-corrected chi connectivity index (χ3v) is 7.58. The highest BCUT2D eigenvalue weighted by molar-refractivity contribution is 7.89. The van der Waals surface area contributed by atoms with Gasteiger partial charge in [0.05, 0.1) is 0 Å². The Bertz CT molecular complexity index is 739. The van der Waals surface area contributed by atoms with E-state index in [2.05, 4.69) is 0 Å². The highest BCUT2D eigenvalue weighted by Crippen LogP contribution is 2.29. The van der Waals surface area contributed by atoms with E-state index in [4.69, 9.17) is 0 Å². The lowest BCUT2D eigenvalue weighted by atomic mass is 9.95. The summed E-state index contributed by atoms with van der Waals surface area (Å²) in [7, 11) is -3.85. The van der Waals surface area contributed by atoms with Crippen molar-refractivity contribution in [3.8, 4) is 0 Å². The fourth-order valence-electron chi connectivity index (χ4n) is 4.18. The molecule has 1 aromatic rings. The van der Waals surface area contributed by atoms with Crippen molar-refractivity contribution in [1.29, 1.82) is 0 Å². The molecule has 7 heteroatoms. The fraction of sp³-hybridized carbons (Fsp3) is 0.632. The number of carbonyl (C=O) groups is 1. The van der Waals surface area contributed by atoms with Crippen LogP contribution in [0.3, 0.4) is 0 Å². The molecule has 0 aromatic heterocycles. The predicted octanol–water partition coefficient (Wildman–Crippen LogP) is 3.02. The van der Waals surface area contributed by atoms with Crippen LogP contribution in [0.4, 0.5) is 4.39 Å². The third-order valence-electron chi connectivity index (χ3n) is 5.65. The molecule has 1 saturated heterocycles. The summed E-state index contributed by atoms with van der Waals surface area (Å²) in [6.45, 7) is 3.23. The van der Waals surface area contributed by atoms with E-state index in [9.17, 15) is 17.6 Å². The summed E-state index contributed by atoms with van der Waals surface area (Å²) >= 11 is 0. The summed E-state index contributed by atoms with van der Waals surface area (Å²) < 4.78 is 40.6. The largest absolute Gasteiger partial charge is 0.340 e. The molecule has 1 aliphatic carbocycles. The van der Waals surface area contributed by atoms with Gasteiger partial charge in [-0.25, -0.2) is 12.8 Å². The molecule has 0 unspecified atom stereocenters. The summed E-state index contributed by atoms with van der Waals surface area (Å²) in [4.78, 5) is 14.6. The molecule has 1 saturated carbocycles. The zero-order valence-corrected chi connectivity index (χ0v) is 16.0. The quantitative estimate of drug-likeness (QED) is 0.787. The summed E-state index contributed by atoms with van der Waals surface area (Å²) in [5, 5.41) is 0. The Balaban J connectivity index is 1.65. The molecule has 0 atom stereocenters. The maximum absolute atomic E-state index is 13.9. The van der Waals surface area contributed by atoms with E-state index in [1.807, 2.05) is 11.8 Å². The van der Waals surface area contributed by atoms with Crippen molar-refractivity contribution >= 4 is 15.9 Å². The van der Waals surface area contributed by atoms with Crippen molar-refractivity contribution in [1.82, 2.24) is 9.21 Å². The molecule has 1 aromatic carbocycles.